The fourth-order valence-electron chi connectivity index (χ4n) is 4.78. The molecule has 2 aromatic heterocycles. The van der Waals surface area contributed by atoms with Gasteiger partial charge in [0.05, 0.1) is 28.1 Å². The summed E-state index contributed by atoms with van der Waals surface area (Å²) in [5.41, 5.74) is 3.72. The molecule has 34 heavy (non-hydrogen) atoms. The lowest BCUT2D eigenvalue weighted by molar-refractivity contribution is -0.132. The van der Waals surface area contributed by atoms with Crippen LogP contribution >= 0.6 is 0 Å². The molecule has 1 atom stereocenters. The number of aromatic amines is 1. The van der Waals surface area contributed by atoms with E-state index in [4.69, 9.17) is 14.7 Å². The number of hydrogen-bond acceptors (Lipinski definition) is 4. The van der Waals surface area contributed by atoms with Gasteiger partial charge in [0.15, 0.2) is 0 Å². The van der Waals surface area contributed by atoms with Crippen molar-refractivity contribution in [1.29, 1.82) is 0 Å². The molecule has 1 saturated heterocycles. The zero-order valence-electron chi connectivity index (χ0n) is 18.7. The van der Waals surface area contributed by atoms with E-state index in [2.05, 4.69) is 4.98 Å². The van der Waals surface area contributed by atoms with Crippen LogP contribution in [0.15, 0.2) is 78.9 Å². The fraction of sp³-hybridized carbons (Fsp3) is 0.222. The van der Waals surface area contributed by atoms with E-state index in [-0.39, 0.29) is 18.5 Å². The number of carbonyl (C=O) groups excluding carboxylic acids is 1. The number of amides is 1. The minimum atomic E-state index is -0.0429. The second-order valence-electron chi connectivity index (χ2n) is 8.59. The van der Waals surface area contributed by atoms with Gasteiger partial charge in [0.1, 0.15) is 30.5 Å². The highest BCUT2D eigenvalue weighted by atomic mass is 16.5. The largest absolute Gasteiger partial charge is 0.486 e. The maximum Gasteiger partial charge on any atom is 0.243 e. The van der Waals surface area contributed by atoms with Gasteiger partial charge in [0.2, 0.25) is 5.91 Å². The summed E-state index contributed by atoms with van der Waals surface area (Å²) in [6.07, 6.45) is 1.86. The van der Waals surface area contributed by atoms with E-state index in [0.717, 1.165) is 58.9 Å². The summed E-state index contributed by atoms with van der Waals surface area (Å²) >= 11 is 0. The van der Waals surface area contributed by atoms with Crippen molar-refractivity contribution < 1.29 is 9.53 Å². The second-order valence-corrected chi connectivity index (χ2v) is 8.59. The van der Waals surface area contributed by atoms with Crippen LogP contribution in [0.4, 0.5) is 0 Å². The van der Waals surface area contributed by atoms with E-state index in [0.29, 0.717) is 6.61 Å². The highest BCUT2D eigenvalue weighted by Gasteiger charge is 2.32. The molecular formula is C27H25N5O2. The minimum absolute atomic E-state index is 0.0429. The lowest BCUT2D eigenvalue weighted by atomic mass is 10.2. The van der Waals surface area contributed by atoms with Crippen LogP contribution in [-0.2, 0) is 17.9 Å². The van der Waals surface area contributed by atoms with Gasteiger partial charge >= 0.3 is 0 Å². The first-order valence-corrected chi connectivity index (χ1v) is 11.6. The smallest absolute Gasteiger partial charge is 0.243 e. The highest BCUT2D eigenvalue weighted by Crippen LogP contribution is 2.32. The summed E-state index contributed by atoms with van der Waals surface area (Å²) in [4.78, 5) is 28.5. The topological polar surface area (TPSA) is 76.0 Å². The van der Waals surface area contributed by atoms with E-state index in [9.17, 15) is 4.79 Å². The maximum atomic E-state index is 13.6. The summed E-state index contributed by atoms with van der Waals surface area (Å²) < 4.78 is 7.95. The monoisotopic (exact) mass is 451 g/mol. The van der Waals surface area contributed by atoms with Gasteiger partial charge in [0, 0.05) is 6.54 Å². The predicted octanol–water partition coefficient (Wildman–Crippen LogP) is 4.86. The Balaban J connectivity index is 1.27. The van der Waals surface area contributed by atoms with Crippen molar-refractivity contribution in [3.05, 3.63) is 90.5 Å². The Morgan fingerprint density at radius 1 is 0.941 bits per heavy atom. The fourth-order valence-corrected chi connectivity index (χ4v) is 4.78. The lowest BCUT2D eigenvalue weighted by Gasteiger charge is -2.24. The Kier molecular flexibility index (Phi) is 5.22. The Labute approximate surface area is 197 Å². The van der Waals surface area contributed by atoms with Gasteiger partial charge in [-0.15, -0.1) is 0 Å². The van der Waals surface area contributed by atoms with Crippen molar-refractivity contribution in [3.63, 3.8) is 0 Å². The summed E-state index contributed by atoms with van der Waals surface area (Å²) in [7, 11) is 0. The number of fused-ring (bicyclic) bond motifs is 2. The number of likely N-dealkylation sites (tertiary alicyclic amines) is 1. The average molecular weight is 452 g/mol. The predicted molar refractivity (Wildman–Crippen MR) is 130 cm³/mol. The quantitative estimate of drug-likeness (QED) is 0.400. The van der Waals surface area contributed by atoms with Gasteiger partial charge in [-0.25, -0.2) is 9.97 Å². The van der Waals surface area contributed by atoms with Gasteiger partial charge < -0.3 is 19.2 Å². The molecule has 1 N–H and O–H groups in total. The van der Waals surface area contributed by atoms with Crippen LogP contribution in [0.5, 0.6) is 5.75 Å². The standard InChI is InChI=1S/C27H25N5O2/c33-26(31-16-8-15-24(31)27-29-20-11-4-5-12-21(20)30-27)17-32-23-14-7-6-13-22(23)28-25(32)18-34-19-9-2-1-3-10-19/h1-7,9-14,24H,8,15-18H2,(H,29,30). The summed E-state index contributed by atoms with van der Waals surface area (Å²) in [6, 6.07) is 25.5. The van der Waals surface area contributed by atoms with Crippen LogP contribution in [0, 0.1) is 0 Å². The van der Waals surface area contributed by atoms with Gasteiger partial charge in [0.25, 0.3) is 0 Å². The number of ether oxygens (including phenoxy) is 1. The molecule has 7 nitrogen and oxygen atoms in total. The molecule has 7 heteroatoms. The summed E-state index contributed by atoms with van der Waals surface area (Å²) in [6.45, 7) is 1.23. The molecule has 1 amide bonds. The Bertz CT molecular complexity index is 1420. The molecule has 1 fully saturated rings. The molecule has 0 saturated carbocycles. The third kappa shape index (κ3) is 3.79. The van der Waals surface area contributed by atoms with Gasteiger partial charge in [-0.2, -0.15) is 0 Å². The zero-order valence-corrected chi connectivity index (χ0v) is 18.7. The first kappa shape index (κ1) is 20.5. The molecule has 0 bridgehead atoms. The number of benzene rings is 3. The first-order chi connectivity index (χ1) is 16.8. The maximum absolute atomic E-state index is 13.6. The Morgan fingerprint density at radius 2 is 1.71 bits per heavy atom. The number of hydrogen-bond donors (Lipinski definition) is 1. The molecule has 0 spiro atoms. The Hall–Kier alpha value is -4.13. The number of nitrogens with zero attached hydrogens (tertiary/aromatic N) is 4. The molecule has 6 rings (SSSR count). The summed E-state index contributed by atoms with van der Waals surface area (Å²) in [5, 5.41) is 0. The molecule has 3 aromatic carbocycles. The SMILES string of the molecule is O=C(Cn1c(COc2ccccc2)nc2ccccc21)N1CCCC1c1nc2ccccc2[nH]1. The van der Waals surface area contributed by atoms with E-state index in [1.54, 1.807) is 0 Å². The molecule has 1 aliphatic heterocycles. The zero-order chi connectivity index (χ0) is 22.9. The molecular weight excluding hydrogens is 426 g/mol. The number of carbonyl (C=O) groups is 1. The molecule has 5 aromatic rings. The average Bonchev–Trinajstić information content (AvgIpc) is 3.60. The van der Waals surface area contributed by atoms with Crippen LogP contribution in [-0.4, -0.2) is 36.9 Å². The van der Waals surface area contributed by atoms with Crippen LogP contribution in [0.1, 0.15) is 30.5 Å². The molecule has 0 radical (unpaired) electrons. The van der Waals surface area contributed by atoms with Crippen LogP contribution in [0.25, 0.3) is 22.1 Å². The van der Waals surface area contributed by atoms with E-state index < -0.39 is 0 Å². The first-order valence-electron chi connectivity index (χ1n) is 11.6. The normalized spacial score (nSPS) is 15.9. The highest BCUT2D eigenvalue weighted by molar-refractivity contribution is 5.82. The van der Waals surface area contributed by atoms with Gasteiger partial charge in [-0.05, 0) is 49.2 Å². The van der Waals surface area contributed by atoms with E-state index >= 15 is 0 Å². The van der Waals surface area contributed by atoms with Crippen molar-refractivity contribution in [2.24, 2.45) is 0 Å². The van der Waals surface area contributed by atoms with Crippen LogP contribution in [0.2, 0.25) is 0 Å². The summed E-state index contributed by atoms with van der Waals surface area (Å²) in [5.74, 6) is 2.43. The number of H-pyrrole nitrogens is 1. The van der Waals surface area contributed by atoms with Gasteiger partial charge in [-0.1, -0.05) is 42.5 Å². The third-order valence-electron chi connectivity index (χ3n) is 6.43. The Morgan fingerprint density at radius 3 is 2.56 bits per heavy atom. The number of rotatable bonds is 6. The van der Waals surface area contributed by atoms with Crippen molar-refractivity contribution in [2.75, 3.05) is 6.54 Å². The number of nitrogens with one attached hydrogen (secondary N) is 1. The number of aromatic nitrogens is 4. The molecule has 170 valence electrons. The molecule has 3 heterocycles. The van der Waals surface area contributed by atoms with E-state index in [1.807, 2.05) is 88.3 Å². The van der Waals surface area contributed by atoms with E-state index in [1.165, 1.54) is 0 Å². The number of imidazole rings is 2. The van der Waals surface area contributed by atoms with Crippen LogP contribution in [0.3, 0.4) is 0 Å². The number of para-hydroxylation sites is 5. The third-order valence-corrected chi connectivity index (χ3v) is 6.43. The van der Waals surface area contributed by atoms with Crippen molar-refractivity contribution in [1.82, 2.24) is 24.4 Å². The molecule has 1 unspecified atom stereocenters. The van der Waals surface area contributed by atoms with Crippen LogP contribution < -0.4 is 4.74 Å². The second kappa shape index (κ2) is 8.67. The minimum Gasteiger partial charge on any atom is -0.486 e. The molecule has 1 aliphatic rings. The van der Waals surface area contributed by atoms with Crippen molar-refractivity contribution in [3.8, 4) is 5.75 Å². The van der Waals surface area contributed by atoms with Gasteiger partial charge in [-0.3, -0.25) is 4.79 Å². The van der Waals surface area contributed by atoms with Crippen molar-refractivity contribution in [2.45, 2.75) is 32.0 Å². The molecule has 0 aliphatic carbocycles. The van der Waals surface area contributed by atoms with Crippen molar-refractivity contribution >= 4 is 28.0 Å². The lowest BCUT2D eigenvalue weighted by Crippen LogP contribution is -2.34.